The van der Waals surface area contributed by atoms with Crippen molar-refractivity contribution in [3.05, 3.63) is 39.9 Å². The molecule has 0 amide bonds. The van der Waals surface area contributed by atoms with Gasteiger partial charge in [-0.05, 0) is 17.7 Å². The molecule has 0 aliphatic heterocycles. The first-order chi connectivity index (χ1) is 8.08. The Hall–Kier alpha value is -1.43. The van der Waals surface area contributed by atoms with E-state index in [-0.39, 0.29) is 11.7 Å². The highest BCUT2D eigenvalue weighted by molar-refractivity contribution is 9.09. The molecule has 0 N–H and O–H groups in total. The van der Waals surface area contributed by atoms with Gasteiger partial charge in [0, 0.05) is 23.9 Å². The van der Waals surface area contributed by atoms with E-state index in [9.17, 15) is 14.9 Å². The van der Waals surface area contributed by atoms with Crippen molar-refractivity contribution < 1.29 is 14.5 Å². The van der Waals surface area contributed by atoms with Crippen LogP contribution in [0, 0.1) is 10.1 Å². The summed E-state index contributed by atoms with van der Waals surface area (Å²) in [5, 5.41) is 10.9. The van der Waals surface area contributed by atoms with Gasteiger partial charge in [0.15, 0.2) is 0 Å². The highest BCUT2D eigenvalue weighted by Gasteiger charge is 2.15. The van der Waals surface area contributed by atoms with E-state index >= 15 is 0 Å². The molecule has 0 fully saturated rings. The number of halogens is 1. The van der Waals surface area contributed by atoms with Crippen LogP contribution in [0.25, 0.3) is 0 Å². The summed E-state index contributed by atoms with van der Waals surface area (Å²) in [6, 6.07) is 5.97. The molecule has 1 atom stereocenters. The Morgan fingerprint density at radius 3 is 2.47 bits per heavy atom. The molecule has 0 spiro atoms. The maximum atomic E-state index is 11.2. The predicted octanol–water partition coefficient (Wildman–Crippen LogP) is 2.98. The Balaban J connectivity index is 2.82. The minimum absolute atomic E-state index is 0.0175. The molecular formula is C11H12BrNO4. The number of ether oxygens (including phenoxy) is 1. The lowest BCUT2D eigenvalue weighted by Crippen LogP contribution is -2.11. The summed E-state index contributed by atoms with van der Waals surface area (Å²) in [6.07, 6.45) is -0.112. The summed E-state index contributed by atoms with van der Waals surface area (Å²) >= 11 is 3.25. The number of alkyl halides is 1. The summed E-state index contributed by atoms with van der Waals surface area (Å²) < 4.78 is 5.18. The van der Waals surface area contributed by atoms with E-state index in [1.807, 2.05) is 0 Å². The maximum Gasteiger partial charge on any atom is 0.306 e. The molecule has 5 nitrogen and oxygen atoms in total. The predicted molar refractivity (Wildman–Crippen MR) is 66.0 cm³/mol. The molecule has 0 radical (unpaired) electrons. The normalized spacial score (nSPS) is 11.9. The summed E-state index contributed by atoms with van der Waals surface area (Å²) in [5.74, 6) is -0.298. The fourth-order valence-corrected chi connectivity index (χ4v) is 1.75. The fourth-order valence-electron chi connectivity index (χ4n) is 1.24. The molecule has 1 rings (SSSR count). The molecule has 0 aliphatic rings. The quantitative estimate of drug-likeness (QED) is 0.363. The van der Waals surface area contributed by atoms with Gasteiger partial charge in [0.25, 0.3) is 5.69 Å². The number of non-ortho nitro benzene ring substituents is 1. The third-order valence-electron chi connectivity index (χ3n) is 2.18. The molecule has 0 saturated carbocycles. The topological polar surface area (TPSA) is 69.4 Å². The lowest BCUT2D eigenvalue weighted by molar-refractivity contribution is -0.384. The van der Waals surface area contributed by atoms with Crippen LogP contribution in [0.5, 0.6) is 0 Å². The number of hydrogen-bond donors (Lipinski definition) is 0. The first-order valence-corrected chi connectivity index (χ1v) is 6.20. The van der Waals surface area contributed by atoms with Gasteiger partial charge in [0.05, 0.1) is 4.92 Å². The van der Waals surface area contributed by atoms with Crippen molar-refractivity contribution in [3.63, 3.8) is 0 Å². The molecular weight excluding hydrogens is 290 g/mol. The van der Waals surface area contributed by atoms with Gasteiger partial charge in [-0.25, -0.2) is 0 Å². The van der Waals surface area contributed by atoms with Gasteiger partial charge in [-0.2, -0.15) is 0 Å². The van der Waals surface area contributed by atoms with E-state index in [0.717, 1.165) is 5.56 Å². The van der Waals surface area contributed by atoms with Gasteiger partial charge in [0.2, 0.25) is 0 Å². The Labute approximate surface area is 107 Å². The number of rotatable bonds is 5. The van der Waals surface area contributed by atoms with Crippen molar-refractivity contribution in [1.82, 2.24) is 0 Å². The van der Waals surface area contributed by atoms with Crippen LogP contribution >= 0.6 is 15.9 Å². The first kappa shape index (κ1) is 13.6. The smallest absolute Gasteiger partial charge is 0.306 e. The van der Waals surface area contributed by atoms with E-state index in [4.69, 9.17) is 4.74 Å². The standard InChI is InChI=1S/C11H12BrNO4/c1-2-11(14)17-10(7-12)8-3-5-9(6-4-8)13(15)16/h3-6,10H,2,7H2,1H3. The third kappa shape index (κ3) is 3.81. The molecule has 0 saturated heterocycles. The van der Waals surface area contributed by atoms with Crippen molar-refractivity contribution in [2.45, 2.75) is 19.4 Å². The van der Waals surface area contributed by atoms with Gasteiger partial charge < -0.3 is 4.74 Å². The molecule has 0 aliphatic carbocycles. The van der Waals surface area contributed by atoms with Crippen molar-refractivity contribution in [1.29, 1.82) is 0 Å². The zero-order chi connectivity index (χ0) is 12.8. The van der Waals surface area contributed by atoms with Gasteiger partial charge in [-0.3, -0.25) is 14.9 Å². The highest BCUT2D eigenvalue weighted by Crippen LogP contribution is 2.22. The van der Waals surface area contributed by atoms with E-state index in [0.29, 0.717) is 11.8 Å². The van der Waals surface area contributed by atoms with Crippen LogP contribution < -0.4 is 0 Å². The minimum Gasteiger partial charge on any atom is -0.457 e. The average molecular weight is 302 g/mol. The van der Waals surface area contributed by atoms with E-state index in [1.54, 1.807) is 19.1 Å². The Bertz CT molecular complexity index is 404. The Morgan fingerprint density at radius 2 is 2.06 bits per heavy atom. The highest BCUT2D eigenvalue weighted by atomic mass is 79.9. The SMILES string of the molecule is CCC(=O)OC(CBr)c1ccc([N+](=O)[O-])cc1. The average Bonchev–Trinajstić information content (AvgIpc) is 2.35. The summed E-state index contributed by atoms with van der Waals surface area (Å²) in [7, 11) is 0. The molecule has 0 bridgehead atoms. The number of carbonyl (C=O) groups excluding carboxylic acids is 1. The molecule has 1 aromatic carbocycles. The van der Waals surface area contributed by atoms with Gasteiger partial charge >= 0.3 is 5.97 Å². The minimum atomic E-state index is -0.467. The number of nitro groups is 1. The number of nitrogens with zero attached hydrogens (tertiary/aromatic N) is 1. The van der Waals surface area contributed by atoms with Crippen LogP contribution in [0.2, 0.25) is 0 Å². The van der Waals surface area contributed by atoms with Crippen molar-refractivity contribution in [2.24, 2.45) is 0 Å². The largest absolute Gasteiger partial charge is 0.457 e. The Morgan fingerprint density at radius 1 is 1.47 bits per heavy atom. The number of esters is 1. The second kappa shape index (κ2) is 6.34. The van der Waals surface area contributed by atoms with Crippen LogP contribution in [0.1, 0.15) is 25.0 Å². The molecule has 17 heavy (non-hydrogen) atoms. The maximum absolute atomic E-state index is 11.2. The van der Waals surface area contributed by atoms with Crippen LogP contribution in [0.3, 0.4) is 0 Å². The van der Waals surface area contributed by atoms with Crippen molar-refractivity contribution in [2.75, 3.05) is 5.33 Å². The molecule has 1 aromatic rings. The first-order valence-electron chi connectivity index (χ1n) is 5.08. The molecule has 1 unspecified atom stereocenters. The van der Waals surface area contributed by atoms with E-state index in [1.165, 1.54) is 12.1 Å². The molecule has 92 valence electrons. The molecule has 0 heterocycles. The lowest BCUT2D eigenvalue weighted by Gasteiger charge is -2.15. The van der Waals surface area contributed by atoms with Crippen molar-refractivity contribution in [3.8, 4) is 0 Å². The van der Waals surface area contributed by atoms with Crippen molar-refractivity contribution >= 4 is 27.6 Å². The zero-order valence-corrected chi connectivity index (χ0v) is 10.8. The molecule has 0 aromatic heterocycles. The number of benzene rings is 1. The van der Waals surface area contributed by atoms with Gasteiger partial charge in [-0.15, -0.1) is 0 Å². The summed E-state index contributed by atoms with van der Waals surface area (Å²) in [5.41, 5.74) is 0.748. The Kier molecular flexibility index (Phi) is 5.09. The van der Waals surface area contributed by atoms with Gasteiger partial charge in [-0.1, -0.05) is 22.9 Å². The van der Waals surface area contributed by atoms with Crippen LogP contribution in [0.15, 0.2) is 24.3 Å². The van der Waals surface area contributed by atoms with E-state index in [2.05, 4.69) is 15.9 Å². The second-order valence-electron chi connectivity index (χ2n) is 3.34. The van der Waals surface area contributed by atoms with Crippen LogP contribution in [-0.4, -0.2) is 16.2 Å². The lowest BCUT2D eigenvalue weighted by atomic mass is 10.1. The number of hydrogen-bond acceptors (Lipinski definition) is 4. The number of nitro benzene ring substituents is 1. The molecule has 6 heteroatoms. The second-order valence-corrected chi connectivity index (χ2v) is 3.98. The zero-order valence-electron chi connectivity index (χ0n) is 9.26. The fraction of sp³-hybridized carbons (Fsp3) is 0.364. The third-order valence-corrected chi connectivity index (χ3v) is 2.77. The summed E-state index contributed by atoms with van der Waals surface area (Å²) in [6.45, 7) is 1.71. The number of carbonyl (C=O) groups is 1. The van der Waals surface area contributed by atoms with Gasteiger partial charge in [0.1, 0.15) is 6.10 Å². The van der Waals surface area contributed by atoms with Crippen LogP contribution in [0.4, 0.5) is 5.69 Å². The van der Waals surface area contributed by atoms with E-state index < -0.39 is 11.0 Å². The monoisotopic (exact) mass is 301 g/mol. The summed E-state index contributed by atoms with van der Waals surface area (Å²) in [4.78, 5) is 21.2. The van der Waals surface area contributed by atoms with Crippen LogP contribution in [-0.2, 0) is 9.53 Å².